The zero-order valence-electron chi connectivity index (χ0n) is 11.6. The van der Waals surface area contributed by atoms with Crippen molar-refractivity contribution in [1.29, 1.82) is 0 Å². The van der Waals surface area contributed by atoms with E-state index < -0.39 is 0 Å². The molecule has 0 fully saturated rings. The summed E-state index contributed by atoms with van der Waals surface area (Å²) in [5.41, 5.74) is 2.64. The highest BCUT2D eigenvalue weighted by Crippen LogP contribution is 2.23. The quantitative estimate of drug-likeness (QED) is 0.890. The molecule has 0 saturated carbocycles. The number of aliphatic hydroxyl groups excluding tert-OH is 1. The van der Waals surface area contributed by atoms with Crippen LogP contribution in [0.25, 0.3) is 10.6 Å². The molecule has 1 aromatic carbocycles. The van der Waals surface area contributed by atoms with E-state index in [4.69, 9.17) is 5.11 Å². The van der Waals surface area contributed by atoms with Gasteiger partial charge in [-0.15, -0.1) is 11.3 Å². The van der Waals surface area contributed by atoms with E-state index in [2.05, 4.69) is 10.3 Å². The minimum atomic E-state index is -0.118. The summed E-state index contributed by atoms with van der Waals surface area (Å²) >= 11 is 1.59. The Morgan fingerprint density at radius 2 is 2.10 bits per heavy atom. The van der Waals surface area contributed by atoms with Crippen molar-refractivity contribution in [3.05, 3.63) is 40.9 Å². The first kappa shape index (κ1) is 14.7. The molecule has 5 heteroatoms. The van der Waals surface area contributed by atoms with E-state index in [0.717, 1.165) is 16.3 Å². The number of nitrogens with zero attached hydrogens (tertiary/aromatic N) is 1. The van der Waals surface area contributed by atoms with Gasteiger partial charge in [0, 0.05) is 34.8 Å². The summed E-state index contributed by atoms with van der Waals surface area (Å²) in [6.45, 7) is 3.91. The number of rotatable bonds is 5. The van der Waals surface area contributed by atoms with Crippen molar-refractivity contribution in [2.24, 2.45) is 0 Å². The molecule has 0 spiro atoms. The Labute approximate surface area is 122 Å². The molecule has 0 aliphatic heterocycles. The van der Waals surface area contributed by atoms with Gasteiger partial charge >= 0.3 is 0 Å². The molecule has 1 amide bonds. The van der Waals surface area contributed by atoms with E-state index in [-0.39, 0.29) is 18.6 Å². The monoisotopic (exact) mass is 290 g/mol. The zero-order valence-corrected chi connectivity index (χ0v) is 12.4. The van der Waals surface area contributed by atoms with Crippen LogP contribution in [-0.4, -0.2) is 28.6 Å². The van der Waals surface area contributed by atoms with Gasteiger partial charge in [0.05, 0.1) is 0 Å². The lowest BCUT2D eigenvalue weighted by Gasteiger charge is -2.12. The highest BCUT2D eigenvalue weighted by Gasteiger charge is 2.10. The van der Waals surface area contributed by atoms with Crippen molar-refractivity contribution < 1.29 is 9.90 Å². The van der Waals surface area contributed by atoms with Gasteiger partial charge in [0.2, 0.25) is 0 Å². The third-order valence-electron chi connectivity index (χ3n) is 2.95. The Morgan fingerprint density at radius 1 is 1.40 bits per heavy atom. The largest absolute Gasteiger partial charge is 0.396 e. The number of aliphatic hydroxyl groups is 1. The molecule has 0 aliphatic rings. The first-order chi connectivity index (χ1) is 9.60. The molecule has 2 rings (SSSR count). The van der Waals surface area contributed by atoms with Gasteiger partial charge in [-0.1, -0.05) is 12.1 Å². The van der Waals surface area contributed by atoms with E-state index in [1.54, 1.807) is 23.5 Å². The summed E-state index contributed by atoms with van der Waals surface area (Å²) in [4.78, 5) is 16.4. The van der Waals surface area contributed by atoms with Gasteiger partial charge < -0.3 is 10.4 Å². The van der Waals surface area contributed by atoms with Gasteiger partial charge in [-0.25, -0.2) is 4.98 Å². The van der Waals surface area contributed by atoms with Crippen molar-refractivity contribution in [1.82, 2.24) is 10.3 Å². The highest BCUT2D eigenvalue weighted by molar-refractivity contribution is 7.13. The van der Waals surface area contributed by atoms with E-state index in [9.17, 15) is 4.79 Å². The summed E-state index contributed by atoms with van der Waals surface area (Å²) < 4.78 is 0. The van der Waals surface area contributed by atoms with Crippen LogP contribution < -0.4 is 5.32 Å². The molecule has 0 bridgehead atoms. The number of hydrogen-bond acceptors (Lipinski definition) is 4. The first-order valence-electron chi connectivity index (χ1n) is 6.54. The van der Waals surface area contributed by atoms with Gasteiger partial charge in [-0.3, -0.25) is 4.79 Å². The van der Waals surface area contributed by atoms with Crippen LogP contribution >= 0.6 is 11.3 Å². The van der Waals surface area contributed by atoms with Crippen molar-refractivity contribution in [3.63, 3.8) is 0 Å². The van der Waals surface area contributed by atoms with E-state index >= 15 is 0 Å². The van der Waals surface area contributed by atoms with Crippen LogP contribution in [0.2, 0.25) is 0 Å². The molecule has 1 aromatic heterocycles. The second kappa shape index (κ2) is 6.63. The van der Waals surface area contributed by atoms with Crippen molar-refractivity contribution >= 4 is 17.2 Å². The van der Waals surface area contributed by atoms with Gasteiger partial charge in [0.25, 0.3) is 5.91 Å². The van der Waals surface area contributed by atoms with Crippen molar-refractivity contribution in [2.45, 2.75) is 26.3 Å². The summed E-state index contributed by atoms with van der Waals surface area (Å²) in [5.74, 6) is -0.118. The minimum absolute atomic E-state index is 0.0335. The fraction of sp³-hybridized carbons (Fsp3) is 0.333. The summed E-state index contributed by atoms with van der Waals surface area (Å²) in [7, 11) is 0. The van der Waals surface area contributed by atoms with Gasteiger partial charge in [-0.2, -0.15) is 0 Å². The molecule has 2 N–H and O–H groups in total. The van der Waals surface area contributed by atoms with Gasteiger partial charge in [0.15, 0.2) is 0 Å². The Morgan fingerprint density at radius 3 is 2.65 bits per heavy atom. The molecule has 1 unspecified atom stereocenters. The minimum Gasteiger partial charge on any atom is -0.396 e. The summed E-state index contributed by atoms with van der Waals surface area (Å²) in [5, 5.41) is 14.6. The fourth-order valence-electron chi connectivity index (χ4n) is 1.82. The molecule has 1 atom stereocenters. The molecular formula is C15H18N2O2S. The lowest BCUT2D eigenvalue weighted by Crippen LogP contribution is -2.33. The predicted molar refractivity (Wildman–Crippen MR) is 80.9 cm³/mol. The molecule has 20 heavy (non-hydrogen) atoms. The topological polar surface area (TPSA) is 62.2 Å². The van der Waals surface area contributed by atoms with Crippen LogP contribution in [0.15, 0.2) is 29.6 Å². The van der Waals surface area contributed by atoms with Crippen molar-refractivity contribution in [3.8, 4) is 10.6 Å². The molecule has 0 aliphatic carbocycles. The summed E-state index contributed by atoms with van der Waals surface area (Å²) in [6.07, 6.45) is 0.558. The van der Waals surface area contributed by atoms with Gasteiger partial charge in [-0.05, 0) is 32.4 Å². The van der Waals surface area contributed by atoms with Crippen LogP contribution in [0.1, 0.15) is 29.4 Å². The van der Waals surface area contributed by atoms with Crippen LogP contribution in [0.4, 0.5) is 0 Å². The average Bonchev–Trinajstić information content (AvgIpc) is 2.86. The summed E-state index contributed by atoms with van der Waals surface area (Å²) in [6, 6.07) is 7.38. The first-order valence-corrected chi connectivity index (χ1v) is 7.42. The molecule has 0 saturated heterocycles. The number of aryl methyl sites for hydroxylation is 1. The molecule has 0 radical (unpaired) electrons. The fourth-order valence-corrected chi connectivity index (χ4v) is 2.63. The van der Waals surface area contributed by atoms with E-state index in [0.29, 0.717) is 12.0 Å². The number of carbonyl (C=O) groups excluding carboxylic acids is 1. The number of benzene rings is 1. The molecular weight excluding hydrogens is 272 g/mol. The SMILES string of the molecule is Cc1csc(-c2ccc(C(=O)NC(C)CCO)cc2)n1. The zero-order chi connectivity index (χ0) is 14.5. The van der Waals surface area contributed by atoms with Crippen LogP contribution in [0, 0.1) is 6.92 Å². The number of thiazole rings is 1. The standard InChI is InChI=1S/C15H18N2O2S/c1-10(7-8-18)16-14(19)12-3-5-13(6-4-12)15-17-11(2)9-20-15/h3-6,9-10,18H,7-8H2,1-2H3,(H,16,19). The Hall–Kier alpha value is -1.72. The molecule has 2 aromatic rings. The lowest BCUT2D eigenvalue weighted by atomic mass is 10.1. The Balaban J connectivity index is 2.06. The van der Waals surface area contributed by atoms with Crippen LogP contribution in [0.5, 0.6) is 0 Å². The van der Waals surface area contributed by atoms with E-state index in [1.165, 1.54) is 0 Å². The van der Waals surface area contributed by atoms with Gasteiger partial charge in [0.1, 0.15) is 5.01 Å². The van der Waals surface area contributed by atoms with E-state index in [1.807, 2.05) is 31.4 Å². The Bertz CT molecular complexity index is 578. The number of amides is 1. The highest BCUT2D eigenvalue weighted by atomic mass is 32.1. The number of carbonyl (C=O) groups is 1. The van der Waals surface area contributed by atoms with Crippen LogP contribution in [0.3, 0.4) is 0 Å². The maximum Gasteiger partial charge on any atom is 0.251 e. The average molecular weight is 290 g/mol. The lowest BCUT2D eigenvalue weighted by molar-refractivity contribution is 0.0934. The predicted octanol–water partition coefficient (Wildman–Crippen LogP) is 2.62. The smallest absolute Gasteiger partial charge is 0.251 e. The molecule has 106 valence electrons. The van der Waals surface area contributed by atoms with Crippen molar-refractivity contribution in [2.75, 3.05) is 6.61 Å². The number of aromatic nitrogens is 1. The third kappa shape index (κ3) is 3.65. The third-order valence-corrected chi connectivity index (χ3v) is 3.96. The molecule has 4 nitrogen and oxygen atoms in total. The normalized spacial score (nSPS) is 12.2. The maximum atomic E-state index is 12.0. The second-order valence-electron chi connectivity index (χ2n) is 4.76. The maximum absolute atomic E-state index is 12.0. The Kier molecular flexibility index (Phi) is 4.87. The number of nitrogens with one attached hydrogen (secondary N) is 1. The van der Waals surface area contributed by atoms with Crippen LogP contribution in [-0.2, 0) is 0 Å². The molecule has 1 heterocycles. The second-order valence-corrected chi connectivity index (χ2v) is 5.62. The number of hydrogen-bond donors (Lipinski definition) is 2.